The highest BCUT2D eigenvalue weighted by Gasteiger charge is 2.20. The number of Topliss-reactive ketones (excluding diaryl/α,β-unsaturated/α-hetero) is 1. The molecule has 0 saturated carbocycles. The Morgan fingerprint density at radius 2 is 1.79 bits per heavy atom. The van der Waals surface area contributed by atoms with Gasteiger partial charge in [0.15, 0.2) is 16.0 Å². The molecule has 3 heterocycles. The summed E-state index contributed by atoms with van der Waals surface area (Å²) in [6.07, 6.45) is 0. The van der Waals surface area contributed by atoms with Crippen molar-refractivity contribution in [1.82, 2.24) is 9.97 Å². The van der Waals surface area contributed by atoms with Gasteiger partial charge < -0.3 is 4.90 Å². The van der Waals surface area contributed by atoms with Crippen LogP contribution in [0.1, 0.15) is 26.3 Å². The number of carbonyl (C=O) groups is 2. The number of thiazole rings is 2. The maximum Gasteiger partial charge on any atom is 0.267 e. The minimum Gasteiger partial charge on any atom is -0.354 e. The standard InChI is InChI=1S/C19H16N4O2S3/c1-10(24)15-14(11-7-5-4-6-8-11)20-18(28-15)21-16(25)12-9-13-17(26-12)22-19(27-13)23(2)3/h4-9H,1-3H3,(H,20,21,25). The lowest BCUT2D eigenvalue weighted by molar-refractivity contribution is 0.101. The SMILES string of the molecule is CC(=O)c1sc(NC(=O)c2cc3sc(N(C)C)nc3s2)nc1-c1ccccc1. The predicted molar refractivity (Wildman–Crippen MR) is 117 cm³/mol. The molecule has 0 atom stereocenters. The molecule has 3 aromatic heterocycles. The number of thiophene rings is 1. The molecular formula is C19H16N4O2S3. The van der Waals surface area contributed by atoms with E-state index in [2.05, 4.69) is 15.3 Å². The predicted octanol–water partition coefficient (Wildman–Crippen LogP) is 5.00. The Morgan fingerprint density at radius 3 is 2.43 bits per heavy atom. The molecule has 6 nitrogen and oxygen atoms in total. The van der Waals surface area contributed by atoms with Crippen LogP contribution in [0.15, 0.2) is 36.4 Å². The number of hydrogen-bond donors (Lipinski definition) is 1. The van der Waals surface area contributed by atoms with Crippen LogP contribution in [0.4, 0.5) is 10.3 Å². The first-order valence-corrected chi connectivity index (χ1v) is 10.8. The highest BCUT2D eigenvalue weighted by Crippen LogP contribution is 2.35. The number of nitrogens with one attached hydrogen (secondary N) is 1. The second-order valence-electron chi connectivity index (χ2n) is 6.24. The number of fused-ring (bicyclic) bond motifs is 1. The number of rotatable bonds is 5. The van der Waals surface area contributed by atoms with Crippen molar-refractivity contribution in [3.05, 3.63) is 46.2 Å². The fourth-order valence-corrected chi connectivity index (χ4v) is 5.50. The molecule has 9 heteroatoms. The maximum atomic E-state index is 12.7. The normalized spacial score (nSPS) is 11.0. The third kappa shape index (κ3) is 3.56. The molecule has 142 valence electrons. The molecule has 0 aliphatic carbocycles. The molecule has 0 saturated heterocycles. The maximum absolute atomic E-state index is 12.7. The summed E-state index contributed by atoms with van der Waals surface area (Å²) in [5.74, 6) is -0.320. The zero-order valence-corrected chi connectivity index (χ0v) is 17.8. The zero-order chi connectivity index (χ0) is 19.8. The van der Waals surface area contributed by atoms with Crippen LogP contribution in [0.25, 0.3) is 20.8 Å². The highest BCUT2D eigenvalue weighted by atomic mass is 32.1. The van der Waals surface area contributed by atoms with Gasteiger partial charge in [-0.3, -0.25) is 14.9 Å². The Morgan fingerprint density at radius 1 is 1.04 bits per heavy atom. The van der Waals surface area contributed by atoms with Gasteiger partial charge in [0, 0.05) is 26.6 Å². The van der Waals surface area contributed by atoms with Crippen LogP contribution in [-0.2, 0) is 0 Å². The topological polar surface area (TPSA) is 75.2 Å². The van der Waals surface area contributed by atoms with E-state index in [1.165, 1.54) is 29.6 Å². The summed E-state index contributed by atoms with van der Waals surface area (Å²) >= 11 is 4.09. The second kappa shape index (κ2) is 7.42. The van der Waals surface area contributed by atoms with Crippen molar-refractivity contribution >= 4 is 65.5 Å². The molecule has 4 aromatic rings. The summed E-state index contributed by atoms with van der Waals surface area (Å²) in [4.78, 5) is 37.6. The Labute approximate surface area is 173 Å². The van der Waals surface area contributed by atoms with Gasteiger partial charge in [-0.05, 0) is 6.07 Å². The molecule has 0 bridgehead atoms. The van der Waals surface area contributed by atoms with Crippen molar-refractivity contribution in [3.8, 4) is 11.3 Å². The van der Waals surface area contributed by atoms with E-state index in [1.54, 1.807) is 11.3 Å². The van der Waals surface area contributed by atoms with Crippen LogP contribution >= 0.6 is 34.0 Å². The van der Waals surface area contributed by atoms with Gasteiger partial charge in [-0.15, -0.1) is 11.3 Å². The molecule has 28 heavy (non-hydrogen) atoms. The van der Waals surface area contributed by atoms with Crippen molar-refractivity contribution in [1.29, 1.82) is 0 Å². The van der Waals surface area contributed by atoms with E-state index < -0.39 is 0 Å². The average Bonchev–Trinajstić information content (AvgIpc) is 3.35. The van der Waals surface area contributed by atoms with Crippen LogP contribution in [0.2, 0.25) is 0 Å². The molecule has 0 unspecified atom stereocenters. The van der Waals surface area contributed by atoms with Gasteiger partial charge >= 0.3 is 0 Å². The van der Waals surface area contributed by atoms with E-state index in [0.717, 1.165) is 20.2 Å². The second-order valence-corrected chi connectivity index (χ2v) is 9.28. The molecule has 0 aliphatic heterocycles. The summed E-state index contributed by atoms with van der Waals surface area (Å²) in [7, 11) is 3.88. The highest BCUT2D eigenvalue weighted by molar-refractivity contribution is 7.29. The van der Waals surface area contributed by atoms with Crippen LogP contribution in [0.5, 0.6) is 0 Å². The van der Waals surface area contributed by atoms with E-state index in [1.807, 2.05) is 55.4 Å². The van der Waals surface area contributed by atoms with Crippen molar-refractivity contribution in [2.45, 2.75) is 6.92 Å². The smallest absolute Gasteiger partial charge is 0.267 e. The zero-order valence-electron chi connectivity index (χ0n) is 15.3. The molecule has 1 N–H and O–H groups in total. The van der Waals surface area contributed by atoms with E-state index in [0.29, 0.717) is 20.6 Å². The van der Waals surface area contributed by atoms with Gasteiger partial charge in [0.1, 0.15) is 4.83 Å². The third-order valence-corrected chi connectivity index (χ3v) is 7.30. The Kier molecular flexibility index (Phi) is 4.96. The van der Waals surface area contributed by atoms with Crippen LogP contribution in [0, 0.1) is 0 Å². The van der Waals surface area contributed by atoms with Gasteiger partial charge in [-0.1, -0.05) is 53.0 Å². The van der Waals surface area contributed by atoms with Gasteiger partial charge in [-0.25, -0.2) is 9.97 Å². The molecule has 0 spiro atoms. The third-order valence-electron chi connectivity index (χ3n) is 3.90. The molecule has 4 rings (SSSR count). The number of aromatic nitrogens is 2. The van der Waals surface area contributed by atoms with Gasteiger partial charge in [0.2, 0.25) is 0 Å². The molecule has 1 aromatic carbocycles. The van der Waals surface area contributed by atoms with Crippen molar-refractivity contribution < 1.29 is 9.59 Å². The summed E-state index contributed by atoms with van der Waals surface area (Å²) in [5, 5.41) is 4.14. The average molecular weight is 429 g/mol. The number of benzene rings is 1. The number of nitrogens with zero attached hydrogens (tertiary/aromatic N) is 3. The fraction of sp³-hybridized carbons (Fsp3) is 0.158. The Balaban J connectivity index is 1.61. The lowest BCUT2D eigenvalue weighted by Crippen LogP contribution is -2.09. The van der Waals surface area contributed by atoms with Crippen LogP contribution in [-0.4, -0.2) is 35.8 Å². The van der Waals surface area contributed by atoms with Gasteiger partial charge in [0.05, 0.1) is 20.1 Å². The van der Waals surface area contributed by atoms with E-state index in [-0.39, 0.29) is 11.7 Å². The largest absolute Gasteiger partial charge is 0.354 e. The van der Waals surface area contributed by atoms with Crippen LogP contribution < -0.4 is 10.2 Å². The summed E-state index contributed by atoms with van der Waals surface area (Å²) in [5.41, 5.74) is 1.44. The number of anilines is 2. The van der Waals surface area contributed by atoms with E-state index in [4.69, 9.17) is 0 Å². The Hall–Kier alpha value is -2.62. The monoisotopic (exact) mass is 428 g/mol. The number of carbonyl (C=O) groups excluding carboxylic acids is 2. The van der Waals surface area contributed by atoms with Gasteiger partial charge in [0.25, 0.3) is 5.91 Å². The first-order valence-electron chi connectivity index (χ1n) is 8.38. The molecule has 1 amide bonds. The molecule has 0 radical (unpaired) electrons. The minimum absolute atomic E-state index is 0.0751. The van der Waals surface area contributed by atoms with Crippen molar-refractivity contribution in [2.24, 2.45) is 0 Å². The summed E-state index contributed by atoms with van der Waals surface area (Å²) in [6.45, 7) is 1.51. The number of hydrogen-bond acceptors (Lipinski definition) is 8. The number of ketones is 1. The Bertz CT molecular complexity index is 1140. The van der Waals surface area contributed by atoms with E-state index in [9.17, 15) is 9.59 Å². The van der Waals surface area contributed by atoms with E-state index >= 15 is 0 Å². The minimum atomic E-state index is -0.245. The lowest BCUT2D eigenvalue weighted by atomic mass is 10.1. The van der Waals surface area contributed by atoms with Gasteiger partial charge in [-0.2, -0.15) is 0 Å². The summed E-state index contributed by atoms with van der Waals surface area (Å²) < 4.78 is 0.979. The number of amides is 1. The summed E-state index contributed by atoms with van der Waals surface area (Å²) in [6, 6.07) is 11.3. The first-order chi connectivity index (χ1) is 13.4. The molecule has 0 aliphatic rings. The quantitative estimate of drug-likeness (QED) is 0.453. The van der Waals surface area contributed by atoms with Crippen molar-refractivity contribution in [2.75, 3.05) is 24.3 Å². The molecule has 0 fully saturated rings. The first kappa shape index (κ1) is 18.7. The lowest BCUT2D eigenvalue weighted by Gasteiger charge is -2.04. The van der Waals surface area contributed by atoms with Crippen molar-refractivity contribution in [3.63, 3.8) is 0 Å². The fourth-order valence-electron chi connectivity index (χ4n) is 2.59. The van der Waals surface area contributed by atoms with Crippen LogP contribution in [0.3, 0.4) is 0 Å². The molecular weight excluding hydrogens is 412 g/mol.